The Morgan fingerprint density at radius 2 is 1.71 bits per heavy atom. The fourth-order valence-corrected chi connectivity index (χ4v) is 3.65. The minimum absolute atomic E-state index is 0.0517. The summed E-state index contributed by atoms with van der Waals surface area (Å²) in [6, 6.07) is 16.5. The maximum Gasteiger partial charge on any atom is 0.317 e. The number of carbonyl (C=O) groups excluding carboxylic acids is 1. The Bertz CT molecular complexity index is 789. The SMILES string of the molecule is O=C(NCCCc1ccccc1)N1CCN(Cc2ccc3c(c2)OCO3)CC1. The van der Waals surface area contributed by atoms with Crippen LogP contribution in [0.2, 0.25) is 0 Å². The highest BCUT2D eigenvalue weighted by Gasteiger charge is 2.21. The first-order valence-corrected chi connectivity index (χ1v) is 9.95. The molecule has 0 radical (unpaired) electrons. The Kier molecular flexibility index (Phi) is 5.97. The number of ether oxygens (including phenoxy) is 2. The van der Waals surface area contributed by atoms with Crippen molar-refractivity contribution in [3.8, 4) is 11.5 Å². The lowest BCUT2D eigenvalue weighted by molar-refractivity contribution is 0.135. The number of aryl methyl sites for hydroxylation is 1. The molecule has 2 aromatic carbocycles. The smallest absolute Gasteiger partial charge is 0.317 e. The lowest BCUT2D eigenvalue weighted by Gasteiger charge is -2.34. The van der Waals surface area contributed by atoms with E-state index in [-0.39, 0.29) is 6.03 Å². The number of amides is 2. The second-order valence-corrected chi connectivity index (χ2v) is 7.27. The molecule has 0 saturated carbocycles. The first kappa shape index (κ1) is 18.6. The maximum atomic E-state index is 12.4. The molecule has 0 aromatic heterocycles. The molecule has 0 bridgehead atoms. The number of fused-ring (bicyclic) bond motifs is 1. The van der Waals surface area contributed by atoms with Gasteiger partial charge in [-0.15, -0.1) is 0 Å². The molecule has 2 amide bonds. The minimum atomic E-state index is 0.0517. The number of hydrogen-bond acceptors (Lipinski definition) is 4. The summed E-state index contributed by atoms with van der Waals surface area (Å²) in [5, 5.41) is 3.05. The van der Waals surface area contributed by atoms with E-state index in [9.17, 15) is 4.79 Å². The number of nitrogens with one attached hydrogen (secondary N) is 1. The monoisotopic (exact) mass is 381 g/mol. The summed E-state index contributed by atoms with van der Waals surface area (Å²) in [6.45, 7) is 5.16. The lowest BCUT2D eigenvalue weighted by atomic mass is 10.1. The largest absolute Gasteiger partial charge is 0.454 e. The normalized spacial score (nSPS) is 16.2. The molecule has 0 aliphatic carbocycles. The molecule has 6 heteroatoms. The van der Waals surface area contributed by atoms with Crippen molar-refractivity contribution in [2.45, 2.75) is 19.4 Å². The van der Waals surface area contributed by atoms with Crippen LogP contribution < -0.4 is 14.8 Å². The van der Waals surface area contributed by atoms with Crippen LogP contribution in [0, 0.1) is 0 Å². The first-order valence-electron chi connectivity index (χ1n) is 9.95. The van der Waals surface area contributed by atoms with Crippen LogP contribution in [0.4, 0.5) is 4.79 Å². The van der Waals surface area contributed by atoms with Crippen molar-refractivity contribution >= 4 is 6.03 Å². The van der Waals surface area contributed by atoms with Crippen LogP contribution in [0.3, 0.4) is 0 Å². The second-order valence-electron chi connectivity index (χ2n) is 7.27. The fraction of sp³-hybridized carbons (Fsp3) is 0.409. The van der Waals surface area contributed by atoms with Gasteiger partial charge in [0.25, 0.3) is 0 Å². The first-order chi connectivity index (χ1) is 13.8. The molecule has 6 nitrogen and oxygen atoms in total. The van der Waals surface area contributed by atoms with Crippen molar-refractivity contribution in [3.63, 3.8) is 0 Å². The quantitative estimate of drug-likeness (QED) is 0.782. The van der Waals surface area contributed by atoms with Crippen molar-refractivity contribution in [1.29, 1.82) is 0 Å². The van der Waals surface area contributed by atoms with E-state index >= 15 is 0 Å². The number of hydrogen-bond donors (Lipinski definition) is 1. The predicted octanol–water partition coefficient (Wildman–Crippen LogP) is 2.88. The molecule has 0 spiro atoms. The average molecular weight is 381 g/mol. The number of piperazine rings is 1. The van der Waals surface area contributed by atoms with Crippen LogP contribution in [0.5, 0.6) is 11.5 Å². The summed E-state index contributed by atoms with van der Waals surface area (Å²) in [4.78, 5) is 16.7. The molecule has 0 unspecified atom stereocenters. The summed E-state index contributed by atoms with van der Waals surface area (Å²) in [5.74, 6) is 1.64. The molecule has 2 heterocycles. The van der Waals surface area contributed by atoms with Crippen LogP contribution in [0.15, 0.2) is 48.5 Å². The zero-order chi connectivity index (χ0) is 19.2. The van der Waals surface area contributed by atoms with E-state index in [1.165, 1.54) is 11.1 Å². The summed E-state index contributed by atoms with van der Waals surface area (Å²) in [7, 11) is 0. The molecule has 2 aliphatic heterocycles. The Morgan fingerprint density at radius 1 is 0.929 bits per heavy atom. The van der Waals surface area contributed by atoms with E-state index in [0.717, 1.165) is 57.1 Å². The number of nitrogens with zero attached hydrogens (tertiary/aromatic N) is 2. The molecular formula is C22H27N3O3. The Labute approximate surface area is 166 Å². The Morgan fingerprint density at radius 3 is 2.54 bits per heavy atom. The average Bonchev–Trinajstić information content (AvgIpc) is 3.20. The van der Waals surface area contributed by atoms with Gasteiger partial charge in [-0.25, -0.2) is 4.79 Å². The van der Waals surface area contributed by atoms with Gasteiger partial charge < -0.3 is 19.7 Å². The van der Waals surface area contributed by atoms with Gasteiger partial charge in [0.1, 0.15) is 0 Å². The van der Waals surface area contributed by atoms with E-state index in [2.05, 4.69) is 40.5 Å². The third kappa shape index (κ3) is 4.75. The Balaban J connectivity index is 1.16. The van der Waals surface area contributed by atoms with Crippen LogP contribution in [-0.2, 0) is 13.0 Å². The highest BCUT2D eigenvalue weighted by molar-refractivity contribution is 5.74. The van der Waals surface area contributed by atoms with E-state index in [0.29, 0.717) is 13.3 Å². The van der Waals surface area contributed by atoms with Gasteiger partial charge in [0.2, 0.25) is 6.79 Å². The minimum Gasteiger partial charge on any atom is -0.454 e. The second kappa shape index (κ2) is 8.97. The van der Waals surface area contributed by atoms with Crippen molar-refractivity contribution in [2.75, 3.05) is 39.5 Å². The Hall–Kier alpha value is -2.73. The molecule has 1 saturated heterocycles. The van der Waals surface area contributed by atoms with Crippen molar-refractivity contribution in [3.05, 3.63) is 59.7 Å². The van der Waals surface area contributed by atoms with Gasteiger partial charge in [-0.2, -0.15) is 0 Å². The van der Waals surface area contributed by atoms with Crippen molar-refractivity contribution < 1.29 is 14.3 Å². The highest BCUT2D eigenvalue weighted by atomic mass is 16.7. The number of carbonyl (C=O) groups is 1. The van der Waals surface area contributed by atoms with Crippen LogP contribution in [0.1, 0.15) is 17.5 Å². The zero-order valence-electron chi connectivity index (χ0n) is 16.1. The molecule has 2 aliphatic rings. The molecule has 4 rings (SSSR count). The fourth-order valence-electron chi connectivity index (χ4n) is 3.65. The number of benzene rings is 2. The maximum absolute atomic E-state index is 12.4. The summed E-state index contributed by atoms with van der Waals surface area (Å²) in [5.41, 5.74) is 2.52. The van der Waals surface area contributed by atoms with Crippen LogP contribution >= 0.6 is 0 Å². The van der Waals surface area contributed by atoms with Gasteiger partial charge in [-0.1, -0.05) is 36.4 Å². The van der Waals surface area contributed by atoms with E-state index in [1.807, 2.05) is 23.1 Å². The van der Waals surface area contributed by atoms with Gasteiger partial charge in [-0.3, -0.25) is 4.90 Å². The lowest BCUT2D eigenvalue weighted by Crippen LogP contribution is -2.51. The van der Waals surface area contributed by atoms with Crippen LogP contribution in [0.25, 0.3) is 0 Å². The van der Waals surface area contributed by atoms with Crippen LogP contribution in [-0.4, -0.2) is 55.3 Å². The predicted molar refractivity (Wildman–Crippen MR) is 108 cm³/mol. The summed E-state index contributed by atoms with van der Waals surface area (Å²) < 4.78 is 10.8. The molecule has 1 N–H and O–H groups in total. The zero-order valence-corrected chi connectivity index (χ0v) is 16.1. The molecule has 0 atom stereocenters. The van der Waals surface area contributed by atoms with E-state index in [1.54, 1.807) is 0 Å². The van der Waals surface area contributed by atoms with Gasteiger partial charge in [0.15, 0.2) is 11.5 Å². The third-order valence-corrected chi connectivity index (χ3v) is 5.26. The van der Waals surface area contributed by atoms with Gasteiger partial charge in [-0.05, 0) is 36.1 Å². The molecular weight excluding hydrogens is 354 g/mol. The molecule has 28 heavy (non-hydrogen) atoms. The number of rotatable bonds is 6. The van der Waals surface area contributed by atoms with Gasteiger partial charge in [0, 0.05) is 39.3 Å². The van der Waals surface area contributed by atoms with E-state index in [4.69, 9.17) is 9.47 Å². The van der Waals surface area contributed by atoms with E-state index < -0.39 is 0 Å². The number of urea groups is 1. The van der Waals surface area contributed by atoms with Gasteiger partial charge in [0.05, 0.1) is 0 Å². The van der Waals surface area contributed by atoms with Crippen molar-refractivity contribution in [1.82, 2.24) is 15.1 Å². The topological polar surface area (TPSA) is 54.0 Å². The highest BCUT2D eigenvalue weighted by Crippen LogP contribution is 2.32. The summed E-state index contributed by atoms with van der Waals surface area (Å²) in [6.07, 6.45) is 1.95. The standard InChI is InChI=1S/C22H27N3O3/c26-22(23-10-4-7-18-5-2-1-3-6-18)25-13-11-24(12-14-25)16-19-8-9-20-21(15-19)28-17-27-20/h1-3,5-6,8-9,15H,4,7,10-14,16-17H2,(H,23,26). The molecule has 148 valence electrons. The van der Waals surface area contributed by atoms with Crippen molar-refractivity contribution in [2.24, 2.45) is 0 Å². The van der Waals surface area contributed by atoms with Gasteiger partial charge >= 0.3 is 6.03 Å². The molecule has 2 aromatic rings. The third-order valence-electron chi connectivity index (χ3n) is 5.26. The molecule has 1 fully saturated rings. The summed E-state index contributed by atoms with van der Waals surface area (Å²) >= 11 is 0.